The van der Waals surface area contributed by atoms with Gasteiger partial charge in [0.15, 0.2) is 0 Å². The van der Waals surface area contributed by atoms with Gasteiger partial charge in [-0.05, 0) is 12.0 Å². The molecular weight excluding hydrogens is 227 g/mol. The van der Waals surface area contributed by atoms with Gasteiger partial charge in [-0.1, -0.05) is 20.3 Å². The van der Waals surface area contributed by atoms with Gasteiger partial charge >= 0.3 is 0 Å². The summed E-state index contributed by atoms with van der Waals surface area (Å²) in [4.78, 5) is 6.14. The molecule has 0 aliphatic carbocycles. The van der Waals surface area contributed by atoms with E-state index in [4.69, 9.17) is 11.6 Å². The third-order valence-corrected chi connectivity index (χ3v) is 2.99. The summed E-state index contributed by atoms with van der Waals surface area (Å²) >= 11 is 5.79. The number of alkyl halides is 1. The van der Waals surface area contributed by atoms with E-state index in [1.165, 1.54) is 12.3 Å². The van der Waals surface area contributed by atoms with E-state index in [2.05, 4.69) is 18.8 Å². The number of hydrogen-bond acceptors (Lipinski definition) is 2. The van der Waals surface area contributed by atoms with E-state index in [-0.39, 0.29) is 11.7 Å². The van der Waals surface area contributed by atoms with Gasteiger partial charge in [-0.25, -0.2) is 9.37 Å². The lowest BCUT2D eigenvalue weighted by molar-refractivity contribution is 0.556. The van der Waals surface area contributed by atoms with E-state index in [9.17, 15) is 4.39 Å². The second-order valence-corrected chi connectivity index (χ2v) is 4.43. The minimum Gasteiger partial charge on any atom is -0.359 e. The molecule has 1 atom stereocenters. The molecule has 0 amide bonds. The first-order valence-electron chi connectivity index (χ1n) is 5.50. The predicted molar refractivity (Wildman–Crippen MR) is 66.5 cm³/mol. The Morgan fingerprint density at radius 1 is 1.56 bits per heavy atom. The predicted octanol–water partition coefficient (Wildman–Crippen LogP) is 3.44. The molecule has 1 heterocycles. The molecule has 0 fully saturated rings. The standard InChI is InChI=1S/C12H18ClFN2/c1-4-9(2)8-16(3)12-10(6-13)5-11(14)7-15-12/h5,7,9H,4,6,8H2,1-3H3. The molecule has 4 heteroatoms. The molecule has 0 aliphatic heterocycles. The Balaban J connectivity index is 2.85. The van der Waals surface area contributed by atoms with Crippen molar-refractivity contribution in [3.63, 3.8) is 0 Å². The number of hydrogen-bond donors (Lipinski definition) is 0. The van der Waals surface area contributed by atoms with Crippen LogP contribution in [0.5, 0.6) is 0 Å². The Kier molecular flexibility index (Phi) is 5.00. The van der Waals surface area contributed by atoms with E-state index < -0.39 is 0 Å². The summed E-state index contributed by atoms with van der Waals surface area (Å²) in [5, 5.41) is 0. The number of pyridine rings is 1. The minimum atomic E-state index is -0.337. The maximum atomic E-state index is 13.0. The van der Waals surface area contributed by atoms with Crippen molar-refractivity contribution in [1.29, 1.82) is 0 Å². The molecule has 0 saturated carbocycles. The SMILES string of the molecule is CCC(C)CN(C)c1ncc(F)cc1CCl. The Bertz CT molecular complexity index is 344. The monoisotopic (exact) mass is 244 g/mol. The molecule has 16 heavy (non-hydrogen) atoms. The second-order valence-electron chi connectivity index (χ2n) is 4.16. The van der Waals surface area contributed by atoms with Crippen LogP contribution in [0.1, 0.15) is 25.8 Å². The first-order valence-corrected chi connectivity index (χ1v) is 6.03. The first kappa shape index (κ1) is 13.2. The molecule has 1 aromatic heterocycles. The van der Waals surface area contributed by atoms with Crippen LogP contribution in [0.15, 0.2) is 12.3 Å². The zero-order chi connectivity index (χ0) is 12.1. The fourth-order valence-electron chi connectivity index (χ4n) is 1.60. The highest BCUT2D eigenvalue weighted by molar-refractivity contribution is 6.17. The molecule has 0 aliphatic rings. The Labute approximate surface area is 101 Å². The summed E-state index contributed by atoms with van der Waals surface area (Å²) in [6.45, 7) is 5.23. The van der Waals surface area contributed by atoms with Crippen molar-refractivity contribution in [3.8, 4) is 0 Å². The highest BCUT2D eigenvalue weighted by atomic mass is 35.5. The second kappa shape index (κ2) is 6.04. The summed E-state index contributed by atoms with van der Waals surface area (Å²) in [6.07, 6.45) is 2.35. The lowest BCUT2D eigenvalue weighted by Crippen LogP contribution is -2.25. The van der Waals surface area contributed by atoms with Crippen LogP contribution >= 0.6 is 11.6 Å². The van der Waals surface area contributed by atoms with Crippen LogP contribution in [-0.4, -0.2) is 18.6 Å². The lowest BCUT2D eigenvalue weighted by Gasteiger charge is -2.23. The largest absolute Gasteiger partial charge is 0.359 e. The molecule has 0 radical (unpaired) electrons. The van der Waals surface area contributed by atoms with Crippen molar-refractivity contribution >= 4 is 17.4 Å². The van der Waals surface area contributed by atoms with Gasteiger partial charge in [0.05, 0.1) is 12.1 Å². The maximum absolute atomic E-state index is 13.0. The van der Waals surface area contributed by atoms with Crippen molar-refractivity contribution in [1.82, 2.24) is 4.98 Å². The number of halogens is 2. The van der Waals surface area contributed by atoms with E-state index in [1.807, 2.05) is 11.9 Å². The van der Waals surface area contributed by atoms with Crippen LogP contribution in [0, 0.1) is 11.7 Å². The van der Waals surface area contributed by atoms with E-state index in [1.54, 1.807) is 0 Å². The van der Waals surface area contributed by atoms with Crippen molar-refractivity contribution in [2.75, 3.05) is 18.5 Å². The molecule has 0 N–H and O–H groups in total. The van der Waals surface area contributed by atoms with Gasteiger partial charge in [-0.15, -0.1) is 11.6 Å². The average Bonchev–Trinajstić information content (AvgIpc) is 2.28. The highest BCUT2D eigenvalue weighted by Gasteiger charge is 2.11. The summed E-state index contributed by atoms with van der Waals surface area (Å²) in [6, 6.07) is 1.45. The van der Waals surface area contributed by atoms with Crippen LogP contribution in [0.4, 0.5) is 10.2 Å². The quantitative estimate of drug-likeness (QED) is 0.738. The van der Waals surface area contributed by atoms with Gasteiger partial charge in [-0.2, -0.15) is 0 Å². The van der Waals surface area contributed by atoms with Gasteiger partial charge in [0.1, 0.15) is 11.6 Å². The summed E-state index contributed by atoms with van der Waals surface area (Å²) < 4.78 is 13.0. The molecule has 0 bridgehead atoms. The van der Waals surface area contributed by atoms with Crippen LogP contribution in [0.2, 0.25) is 0 Å². The first-order chi connectivity index (χ1) is 7.58. The minimum absolute atomic E-state index is 0.283. The fourth-order valence-corrected chi connectivity index (χ4v) is 1.80. The van der Waals surface area contributed by atoms with Gasteiger partial charge in [0, 0.05) is 19.2 Å². The van der Waals surface area contributed by atoms with E-state index in [0.29, 0.717) is 5.92 Å². The number of rotatable bonds is 5. The van der Waals surface area contributed by atoms with Crippen LogP contribution < -0.4 is 4.90 Å². The van der Waals surface area contributed by atoms with Crippen molar-refractivity contribution < 1.29 is 4.39 Å². The number of nitrogens with zero attached hydrogens (tertiary/aromatic N) is 2. The zero-order valence-corrected chi connectivity index (χ0v) is 10.8. The summed E-state index contributed by atoms with van der Waals surface area (Å²) in [7, 11) is 1.96. The number of aromatic nitrogens is 1. The Morgan fingerprint density at radius 3 is 2.81 bits per heavy atom. The van der Waals surface area contributed by atoms with Gasteiger partial charge in [0.2, 0.25) is 0 Å². The van der Waals surface area contributed by atoms with Crippen LogP contribution in [0.3, 0.4) is 0 Å². The van der Waals surface area contributed by atoms with E-state index in [0.717, 1.165) is 24.3 Å². The molecule has 1 aromatic rings. The third kappa shape index (κ3) is 3.34. The van der Waals surface area contributed by atoms with Crippen molar-refractivity contribution in [2.45, 2.75) is 26.1 Å². The molecule has 0 spiro atoms. The van der Waals surface area contributed by atoms with Crippen molar-refractivity contribution in [2.24, 2.45) is 5.92 Å². The fraction of sp³-hybridized carbons (Fsp3) is 0.583. The highest BCUT2D eigenvalue weighted by Crippen LogP contribution is 2.20. The maximum Gasteiger partial charge on any atom is 0.141 e. The normalized spacial score (nSPS) is 12.6. The lowest BCUT2D eigenvalue weighted by atomic mass is 10.1. The molecule has 1 rings (SSSR count). The Morgan fingerprint density at radius 2 is 2.25 bits per heavy atom. The smallest absolute Gasteiger partial charge is 0.141 e. The van der Waals surface area contributed by atoms with Crippen molar-refractivity contribution in [3.05, 3.63) is 23.6 Å². The van der Waals surface area contributed by atoms with Gasteiger partial charge in [0.25, 0.3) is 0 Å². The Hall–Kier alpha value is -0.830. The molecule has 1 unspecified atom stereocenters. The van der Waals surface area contributed by atoms with Crippen LogP contribution in [-0.2, 0) is 5.88 Å². The molecule has 0 saturated heterocycles. The van der Waals surface area contributed by atoms with Gasteiger partial charge in [-0.3, -0.25) is 0 Å². The number of anilines is 1. The molecule has 0 aromatic carbocycles. The topological polar surface area (TPSA) is 16.1 Å². The van der Waals surface area contributed by atoms with Crippen LogP contribution in [0.25, 0.3) is 0 Å². The average molecular weight is 245 g/mol. The molecule has 90 valence electrons. The summed E-state index contributed by atoms with van der Waals surface area (Å²) in [5.41, 5.74) is 0.743. The van der Waals surface area contributed by atoms with E-state index >= 15 is 0 Å². The van der Waals surface area contributed by atoms with Gasteiger partial charge < -0.3 is 4.90 Å². The summed E-state index contributed by atoms with van der Waals surface area (Å²) in [5.74, 6) is 1.30. The molecular formula is C12H18ClFN2. The third-order valence-electron chi connectivity index (χ3n) is 2.70. The molecule has 2 nitrogen and oxygen atoms in total. The zero-order valence-electron chi connectivity index (χ0n) is 10.0.